The van der Waals surface area contributed by atoms with E-state index in [0.29, 0.717) is 17.5 Å². The molecule has 0 aliphatic heterocycles. The molecule has 0 radical (unpaired) electrons. The van der Waals surface area contributed by atoms with Gasteiger partial charge in [0.2, 0.25) is 0 Å². The minimum absolute atomic E-state index is 0.131. The minimum Gasteiger partial charge on any atom is -0.294 e. The number of hydrogen-bond acceptors (Lipinski definition) is 2. The van der Waals surface area contributed by atoms with Crippen molar-refractivity contribution in [3.05, 3.63) is 70.3 Å². The summed E-state index contributed by atoms with van der Waals surface area (Å²) in [5, 5.41) is 0. The number of allylic oxidation sites excluding steroid dienone is 6. The Kier molecular flexibility index (Phi) is 5.94. The maximum absolute atomic E-state index is 13.2. The quantitative estimate of drug-likeness (QED) is 0.572. The molecule has 0 spiro atoms. The second-order valence-electron chi connectivity index (χ2n) is 8.30. The van der Waals surface area contributed by atoms with E-state index in [1.54, 1.807) is 6.07 Å². The molecule has 0 aromatic heterocycles. The summed E-state index contributed by atoms with van der Waals surface area (Å²) < 4.78 is 0. The highest BCUT2D eigenvalue weighted by atomic mass is 16.1. The third-order valence-corrected chi connectivity index (χ3v) is 6.05. The summed E-state index contributed by atoms with van der Waals surface area (Å²) in [6.07, 6.45) is 10.4. The van der Waals surface area contributed by atoms with Crippen molar-refractivity contribution in [2.24, 2.45) is 17.8 Å². The van der Waals surface area contributed by atoms with Crippen LogP contribution >= 0.6 is 0 Å². The van der Waals surface area contributed by atoms with Crippen LogP contribution in [0, 0.1) is 17.8 Å². The predicted molar refractivity (Wildman–Crippen MR) is 111 cm³/mol. The molecule has 0 saturated heterocycles. The summed E-state index contributed by atoms with van der Waals surface area (Å²) in [5.41, 5.74) is 5.20. The standard InChI is InChI=1S/C25H30O2/c1-16(2)8-7-9-17(3)12-14-19-18(4)13-15-22-23(19)25(27)21-11-6-5-10-20(21)24(22)26/h5-6,8,10-13,19,22-23H,7,9,14-15H2,1-4H3/b17-12+. The fraction of sp³-hybridized carbons (Fsp3) is 0.440. The van der Waals surface area contributed by atoms with Crippen molar-refractivity contribution in [1.82, 2.24) is 0 Å². The number of ketones is 2. The van der Waals surface area contributed by atoms with Crippen LogP contribution < -0.4 is 0 Å². The molecular formula is C25H30O2. The molecule has 0 N–H and O–H groups in total. The van der Waals surface area contributed by atoms with Crippen LogP contribution in [0.2, 0.25) is 0 Å². The molecule has 0 bridgehead atoms. The highest BCUT2D eigenvalue weighted by Gasteiger charge is 2.46. The molecule has 2 aliphatic carbocycles. The smallest absolute Gasteiger partial charge is 0.168 e. The zero-order chi connectivity index (χ0) is 19.6. The number of Topliss-reactive ketones (excluding diaryl/α,β-unsaturated/α-hetero) is 2. The number of carbonyl (C=O) groups excluding carboxylic acids is 2. The molecule has 3 unspecified atom stereocenters. The van der Waals surface area contributed by atoms with Gasteiger partial charge in [0.25, 0.3) is 0 Å². The number of benzene rings is 1. The third kappa shape index (κ3) is 4.05. The number of rotatable bonds is 5. The lowest BCUT2D eigenvalue weighted by Crippen LogP contribution is -2.42. The van der Waals surface area contributed by atoms with E-state index in [1.807, 2.05) is 18.2 Å². The molecule has 1 aromatic rings. The Labute approximate surface area is 163 Å². The van der Waals surface area contributed by atoms with Gasteiger partial charge in [-0.05, 0) is 59.3 Å². The lowest BCUT2D eigenvalue weighted by Gasteiger charge is -2.39. The van der Waals surface area contributed by atoms with Crippen molar-refractivity contribution in [3.8, 4) is 0 Å². The lowest BCUT2D eigenvalue weighted by molar-refractivity contribution is 0.0671. The summed E-state index contributed by atoms with van der Waals surface area (Å²) in [5.74, 6) is 0.0307. The molecule has 3 atom stereocenters. The van der Waals surface area contributed by atoms with E-state index >= 15 is 0 Å². The Balaban J connectivity index is 1.82. The molecule has 27 heavy (non-hydrogen) atoms. The zero-order valence-corrected chi connectivity index (χ0v) is 16.9. The van der Waals surface area contributed by atoms with Gasteiger partial charge in [0, 0.05) is 23.0 Å². The Morgan fingerprint density at radius 3 is 2.37 bits per heavy atom. The van der Waals surface area contributed by atoms with Crippen LogP contribution in [0.4, 0.5) is 0 Å². The van der Waals surface area contributed by atoms with Gasteiger partial charge >= 0.3 is 0 Å². The summed E-state index contributed by atoms with van der Waals surface area (Å²) in [4.78, 5) is 26.2. The van der Waals surface area contributed by atoms with Gasteiger partial charge in [-0.25, -0.2) is 0 Å². The van der Waals surface area contributed by atoms with Gasteiger partial charge in [-0.15, -0.1) is 0 Å². The Hall–Kier alpha value is -2.22. The van der Waals surface area contributed by atoms with Gasteiger partial charge in [0.15, 0.2) is 11.6 Å². The largest absolute Gasteiger partial charge is 0.294 e. The molecule has 1 aromatic carbocycles. The monoisotopic (exact) mass is 362 g/mol. The summed E-state index contributed by atoms with van der Waals surface area (Å²) in [6, 6.07) is 7.33. The highest BCUT2D eigenvalue weighted by Crippen LogP contribution is 2.44. The van der Waals surface area contributed by atoms with E-state index in [4.69, 9.17) is 0 Å². The van der Waals surface area contributed by atoms with Crippen LogP contribution in [0.25, 0.3) is 0 Å². The maximum Gasteiger partial charge on any atom is 0.168 e. The van der Waals surface area contributed by atoms with Crippen LogP contribution in [0.15, 0.2) is 59.2 Å². The van der Waals surface area contributed by atoms with Crippen LogP contribution in [-0.2, 0) is 0 Å². The van der Waals surface area contributed by atoms with Crippen molar-refractivity contribution in [3.63, 3.8) is 0 Å². The first-order valence-corrected chi connectivity index (χ1v) is 10.0. The normalized spacial score (nSPS) is 24.8. The topological polar surface area (TPSA) is 34.1 Å². The van der Waals surface area contributed by atoms with E-state index in [1.165, 1.54) is 16.7 Å². The molecule has 2 aliphatic rings. The van der Waals surface area contributed by atoms with E-state index in [9.17, 15) is 9.59 Å². The van der Waals surface area contributed by atoms with Crippen molar-refractivity contribution < 1.29 is 9.59 Å². The summed E-state index contributed by atoms with van der Waals surface area (Å²) in [6.45, 7) is 8.53. The van der Waals surface area contributed by atoms with Gasteiger partial charge in [-0.2, -0.15) is 0 Å². The average Bonchev–Trinajstić information content (AvgIpc) is 2.64. The van der Waals surface area contributed by atoms with Gasteiger partial charge in [0.05, 0.1) is 0 Å². The minimum atomic E-state index is -0.209. The van der Waals surface area contributed by atoms with Gasteiger partial charge in [-0.1, -0.05) is 59.2 Å². The zero-order valence-electron chi connectivity index (χ0n) is 16.9. The van der Waals surface area contributed by atoms with E-state index < -0.39 is 0 Å². The second-order valence-corrected chi connectivity index (χ2v) is 8.30. The van der Waals surface area contributed by atoms with E-state index in [2.05, 4.69) is 45.9 Å². The van der Waals surface area contributed by atoms with Crippen LogP contribution in [0.3, 0.4) is 0 Å². The molecule has 142 valence electrons. The SMILES string of the molecule is CC(C)=CCC/C(C)=C/CC1C(C)=CCC2C(=O)c3ccccc3C(=O)C21. The van der Waals surface area contributed by atoms with Crippen LogP contribution in [-0.4, -0.2) is 11.6 Å². The average molecular weight is 363 g/mol. The molecular weight excluding hydrogens is 332 g/mol. The van der Waals surface area contributed by atoms with E-state index in [-0.39, 0.29) is 29.3 Å². The first kappa shape index (κ1) is 19.5. The van der Waals surface area contributed by atoms with Crippen molar-refractivity contribution in [1.29, 1.82) is 0 Å². The van der Waals surface area contributed by atoms with Crippen molar-refractivity contribution >= 4 is 11.6 Å². The number of fused-ring (bicyclic) bond motifs is 2. The van der Waals surface area contributed by atoms with Gasteiger partial charge in [0.1, 0.15) is 0 Å². The lowest BCUT2D eigenvalue weighted by atomic mass is 9.62. The van der Waals surface area contributed by atoms with Gasteiger partial charge in [-0.3, -0.25) is 9.59 Å². The van der Waals surface area contributed by atoms with Gasteiger partial charge < -0.3 is 0 Å². The predicted octanol–water partition coefficient (Wildman–Crippen LogP) is 6.35. The first-order valence-electron chi connectivity index (χ1n) is 10.0. The third-order valence-electron chi connectivity index (χ3n) is 6.05. The molecule has 0 amide bonds. The Morgan fingerprint density at radius 2 is 1.70 bits per heavy atom. The molecule has 3 rings (SSSR count). The highest BCUT2D eigenvalue weighted by molar-refractivity contribution is 6.16. The Bertz CT molecular complexity index is 834. The van der Waals surface area contributed by atoms with Crippen LogP contribution in [0.5, 0.6) is 0 Å². The van der Waals surface area contributed by atoms with Crippen molar-refractivity contribution in [2.75, 3.05) is 0 Å². The molecule has 2 nitrogen and oxygen atoms in total. The summed E-state index contributed by atoms with van der Waals surface area (Å²) >= 11 is 0. The maximum atomic E-state index is 13.2. The number of carbonyl (C=O) groups is 2. The molecule has 0 fully saturated rings. The fourth-order valence-electron chi connectivity index (χ4n) is 4.45. The van der Waals surface area contributed by atoms with Crippen LogP contribution in [0.1, 0.15) is 74.1 Å². The first-order chi connectivity index (χ1) is 12.9. The Morgan fingerprint density at radius 1 is 1.04 bits per heavy atom. The molecule has 0 heterocycles. The molecule has 2 heteroatoms. The number of hydrogen-bond donors (Lipinski definition) is 0. The van der Waals surface area contributed by atoms with E-state index in [0.717, 1.165) is 19.3 Å². The fourth-order valence-corrected chi connectivity index (χ4v) is 4.45. The van der Waals surface area contributed by atoms with Crippen molar-refractivity contribution in [2.45, 2.75) is 53.4 Å². The second kappa shape index (κ2) is 8.21. The summed E-state index contributed by atoms with van der Waals surface area (Å²) in [7, 11) is 0. The molecule has 0 saturated carbocycles.